The molecule has 0 amide bonds. The molecule has 2 aromatic rings. The van der Waals surface area contributed by atoms with Crippen LogP contribution >= 0.6 is 11.8 Å². The van der Waals surface area contributed by atoms with Crippen molar-refractivity contribution in [1.29, 1.82) is 0 Å². The number of ketones is 1. The molecule has 0 bridgehead atoms. The van der Waals surface area contributed by atoms with Crippen molar-refractivity contribution in [3.05, 3.63) is 36.2 Å². The van der Waals surface area contributed by atoms with Crippen LogP contribution in [0, 0.1) is 0 Å². The number of carbonyl (C=O) groups excluding carboxylic acids is 1. The van der Waals surface area contributed by atoms with E-state index in [2.05, 4.69) is 10.2 Å². The fourth-order valence-electron chi connectivity index (χ4n) is 1.77. The molecule has 0 aliphatic carbocycles. The predicted octanol–water partition coefficient (Wildman–Crippen LogP) is 2.58. The molecule has 6 heteroatoms. The first-order valence-electron chi connectivity index (χ1n) is 6.34. The van der Waals surface area contributed by atoms with Gasteiger partial charge in [-0.2, -0.15) is 0 Å². The van der Waals surface area contributed by atoms with Crippen molar-refractivity contribution in [3.63, 3.8) is 0 Å². The maximum absolute atomic E-state index is 12.5. The van der Waals surface area contributed by atoms with Crippen LogP contribution in [0.3, 0.4) is 0 Å². The molecule has 20 heavy (non-hydrogen) atoms. The zero-order valence-electron chi connectivity index (χ0n) is 11.7. The van der Waals surface area contributed by atoms with Crippen molar-refractivity contribution >= 4 is 17.5 Å². The largest absolute Gasteiger partial charge is 0.497 e. The normalized spacial score (nSPS) is 12.2. The third kappa shape index (κ3) is 3.19. The molecule has 1 aromatic heterocycles. The highest BCUT2D eigenvalue weighted by molar-refractivity contribution is 8.00. The zero-order chi connectivity index (χ0) is 14.5. The second-order valence-electron chi connectivity index (χ2n) is 4.33. The fourth-order valence-corrected chi connectivity index (χ4v) is 2.74. The highest BCUT2D eigenvalue weighted by Gasteiger charge is 2.21. The van der Waals surface area contributed by atoms with Gasteiger partial charge >= 0.3 is 0 Å². The lowest BCUT2D eigenvalue weighted by atomic mass is 10.1. The number of hydrogen-bond acceptors (Lipinski definition) is 5. The van der Waals surface area contributed by atoms with Gasteiger partial charge in [-0.15, -0.1) is 10.2 Å². The van der Waals surface area contributed by atoms with Crippen LogP contribution in [0.1, 0.15) is 23.7 Å². The summed E-state index contributed by atoms with van der Waals surface area (Å²) in [4.78, 5) is 12.5. The van der Waals surface area contributed by atoms with E-state index in [1.54, 1.807) is 37.7 Å². The number of hydrogen-bond donors (Lipinski definition) is 0. The van der Waals surface area contributed by atoms with Crippen molar-refractivity contribution < 1.29 is 9.53 Å². The first kappa shape index (κ1) is 14.6. The van der Waals surface area contributed by atoms with Gasteiger partial charge in [0, 0.05) is 12.6 Å². The van der Waals surface area contributed by atoms with Crippen LogP contribution in [0.25, 0.3) is 0 Å². The SMILES string of the molecule is CC[C@H](Sc1nncn1C)C(=O)c1ccc(OC)cc1. The summed E-state index contributed by atoms with van der Waals surface area (Å²) in [6.45, 7) is 2.00. The van der Waals surface area contributed by atoms with Crippen LogP contribution in [0.4, 0.5) is 0 Å². The standard InChI is InChI=1S/C14H17N3O2S/c1-4-12(20-14-16-15-9-17(14)2)13(18)10-5-7-11(19-3)8-6-10/h5-9,12H,4H2,1-3H3/t12-/m0/s1. The molecule has 1 aromatic carbocycles. The number of nitrogens with zero attached hydrogens (tertiary/aromatic N) is 3. The number of thioether (sulfide) groups is 1. The monoisotopic (exact) mass is 291 g/mol. The molecular formula is C14H17N3O2S. The zero-order valence-corrected chi connectivity index (χ0v) is 12.6. The van der Waals surface area contributed by atoms with Gasteiger partial charge in [0.05, 0.1) is 12.4 Å². The number of methoxy groups -OCH3 is 1. The lowest BCUT2D eigenvalue weighted by molar-refractivity contribution is 0.0988. The van der Waals surface area contributed by atoms with Gasteiger partial charge < -0.3 is 9.30 Å². The van der Waals surface area contributed by atoms with Gasteiger partial charge in [-0.05, 0) is 30.7 Å². The molecule has 2 rings (SSSR count). The summed E-state index contributed by atoms with van der Waals surface area (Å²) in [6.07, 6.45) is 2.37. The molecule has 0 spiro atoms. The third-order valence-corrected chi connectivity index (χ3v) is 4.37. The Kier molecular flexibility index (Phi) is 4.79. The van der Waals surface area contributed by atoms with E-state index in [0.29, 0.717) is 5.56 Å². The summed E-state index contributed by atoms with van der Waals surface area (Å²) in [6, 6.07) is 7.18. The Hall–Kier alpha value is -1.82. The van der Waals surface area contributed by atoms with Crippen LogP contribution in [-0.2, 0) is 7.05 Å². The van der Waals surface area contributed by atoms with E-state index in [4.69, 9.17) is 4.74 Å². The molecule has 5 nitrogen and oxygen atoms in total. The van der Waals surface area contributed by atoms with Gasteiger partial charge in [-0.1, -0.05) is 18.7 Å². The Bertz CT molecular complexity index is 580. The minimum absolute atomic E-state index is 0.100. The Morgan fingerprint density at radius 3 is 2.60 bits per heavy atom. The maximum atomic E-state index is 12.5. The Morgan fingerprint density at radius 2 is 2.10 bits per heavy atom. The summed E-state index contributed by atoms with van der Waals surface area (Å²) >= 11 is 1.44. The van der Waals surface area contributed by atoms with Crippen molar-refractivity contribution in [2.24, 2.45) is 7.05 Å². The number of carbonyl (C=O) groups is 1. The number of rotatable bonds is 6. The number of benzene rings is 1. The molecule has 0 unspecified atom stereocenters. The first-order chi connectivity index (χ1) is 9.65. The van der Waals surface area contributed by atoms with Crippen LogP contribution in [0.2, 0.25) is 0 Å². The van der Waals surface area contributed by atoms with E-state index in [-0.39, 0.29) is 11.0 Å². The van der Waals surface area contributed by atoms with E-state index < -0.39 is 0 Å². The van der Waals surface area contributed by atoms with E-state index in [1.165, 1.54) is 11.8 Å². The van der Waals surface area contributed by atoms with Crippen LogP contribution in [0.15, 0.2) is 35.7 Å². The molecule has 0 fully saturated rings. The van der Waals surface area contributed by atoms with Gasteiger partial charge in [0.2, 0.25) is 0 Å². The molecule has 0 N–H and O–H groups in total. The quantitative estimate of drug-likeness (QED) is 0.605. The Labute approximate surface area is 122 Å². The maximum Gasteiger partial charge on any atom is 0.191 e. The minimum Gasteiger partial charge on any atom is -0.497 e. The Balaban J connectivity index is 2.14. The molecule has 106 valence electrons. The molecule has 0 radical (unpaired) electrons. The highest BCUT2D eigenvalue weighted by Crippen LogP contribution is 2.26. The van der Waals surface area contributed by atoms with Gasteiger partial charge in [-0.3, -0.25) is 4.79 Å². The topological polar surface area (TPSA) is 57.0 Å². The summed E-state index contributed by atoms with van der Waals surface area (Å²) in [5.41, 5.74) is 0.687. The van der Waals surface area contributed by atoms with Gasteiger partial charge in [0.25, 0.3) is 0 Å². The summed E-state index contributed by atoms with van der Waals surface area (Å²) in [7, 11) is 3.47. The van der Waals surface area contributed by atoms with E-state index in [1.807, 2.05) is 18.5 Å². The average molecular weight is 291 g/mol. The Morgan fingerprint density at radius 1 is 1.40 bits per heavy atom. The molecule has 1 atom stereocenters. The van der Waals surface area contributed by atoms with Gasteiger partial charge in [0.15, 0.2) is 10.9 Å². The van der Waals surface area contributed by atoms with E-state index in [0.717, 1.165) is 17.3 Å². The van der Waals surface area contributed by atoms with E-state index in [9.17, 15) is 4.79 Å². The van der Waals surface area contributed by atoms with Crippen molar-refractivity contribution in [1.82, 2.24) is 14.8 Å². The summed E-state index contributed by atoms with van der Waals surface area (Å²) in [5.74, 6) is 0.846. The van der Waals surface area contributed by atoms with Gasteiger partial charge in [0.1, 0.15) is 12.1 Å². The summed E-state index contributed by atoms with van der Waals surface area (Å²) in [5, 5.41) is 8.43. The van der Waals surface area contributed by atoms with Gasteiger partial charge in [-0.25, -0.2) is 0 Å². The lowest BCUT2D eigenvalue weighted by Crippen LogP contribution is -2.17. The molecule has 0 aliphatic rings. The van der Waals surface area contributed by atoms with Crippen molar-refractivity contribution in [2.45, 2.75) is 23.8 Å². The molecule has 0 saturated carbocycles. The number of aromatic nitrogens is 3. The number of Topliss-reactive ketones (excluding diaryl/α,β-unsaturated/α-hetero) is 1. The van der Waals surface area contributed by atoms with Crippen LogP contribution in [0.5, 0.6) is 5.75 Å². The second-order valence-corrected chi connectivity index (χ2v) is 5.50. The first-order valence-corrected chi connectivity index (χ1v) is 7.22. The van der Waals surface area contributed by atoms with Crippen LogP contribution in [-0.4, -0.2) is 32.9 Å². The lowest BCUT2D eigenvalue weighted by Gasteiger charge is -2.12. The van der Waals surface area contributed by atoms with Crippen molar-refractivity contribution in [3.8, 4) is 5.75 Å². The molecule has 0 aliphatic heterocycles. The average Bonchev–Trinajstić information content (AvgIpc) is 2.89. The molecule has 1 heterocycles. The predicted molar refractivity (Wildman–Crippen MR) is 78.3 cm³/mol. The molecule has 0 saturated heterocycles. The summed E-state index contributed by atoms with van der Waals surface area (Å²) < 4.78 is 6.91. The minimum atomic E-state index is -0.161. The van der Waals surface area contributed by atoms with Crippen LogP contribution < -0.4 is 4.74 Å². The third-order valence-electron chi connectivity index (χ3n) is 2.96. The van der Waals surface area contributed by atoms with E-state index >= 15 is 0 Å². The number of ether oxygens (including phenoxy) is 1. The number of aryl methyl sites for hydroxylation is 1. The smallest absolute Gasteiger partial charge is 0.191 e. The fraction of sp³-hybridized carbons (Fsp3) is 0.357. The second kappa shape index (κ2) is 6.56. The highest BCUT2D eigenvalue weighted by atomic mass is 32.2. The molecular weight excluding hydrogens is 274 g/mol. The van der Waals surface area contributed by atoms with Crippen molar-refractivity contribution in [2.75, 3.05) is 7.11 Å².